The van der Waals surface area contributed by atoms with Gasteiger partial charge in [-0.15, -0.1) is 0 Å². The first-order valence-corrected chi connectivity index (χ1v) is 13.9. The third-order valence-electron chi connectivity index (χ3n) is 8.47. The molecule has 0 saturated heterocycles. The summed E-state index contributed by atoms with van der Waals surface area (Å²) in [6, 6.07) is 38.9. The molecule has 6 aromatic rings. The van der Waals surface area contributed by atoms with Gasteiger partial charge in [0.05, 0.1) is 5.69 Å². The standard InChI is InChI=1S/C37H33N/c1-24(2)26-15-18-29(19-16-26)38(30-20-17-27-9-8-10-28(27)22-30)37-23-36-32-12-5-4-11-31(32)25(3)21-35(36)33-13-6-7-14-34(33)37/h4-7,11-24H,8-10H2,1-3H3. The average molecular weight is 492 g/mol. The van der Waals surface area contributed by atoms with Gasteiger partial charge in [-0.05, 0) is 112 Å². The normalized spacial score (nSPS) is 13.1. The monoisotopic (exact) mass is 491 g/mol. The number of hydrogen-bond acceptors (Lipinski definition) is 1. The molecule has 0 spiro atoms. The minimum Gasteiger partial charge on any atom is -0.310 e. The van der Waals surface area contributed by atoms with Gasteiger partial charge in [0.1, 0.15) is 0 Å². The molecular weight excluding hydrogens is 458 g/mol. The van der Waals surface area contributed by atoms with E-state index in [2.05, 4.69) is 129 Å². The van der Waals surface area contributed by atoms with Crippen molar-refractivity contribution in [2.75, 3.05) is 4.90 Å². The van der Waals surface area contributed by atoms with Gasteiger partial charge in [-0.2, -0.15) is 0 Å². The van der Waals surface area contributed by atoms with Crippen LogP contribution in [0, 0.1) is 6.92 Å². The number of benzene rings is 6. The van der Waals surface area contributed by atoms with Crippen LogP contribution in [-0.2, 0) is 12.8 Å². The zero-order chi connectivity index (χ0) is 25.8. The summed E-state index contributed by atoms with van der Waals surface area (Å²) in [6.07, 6.45) is 3.63. The molecule has 0 atom stereocenters. The van der Waals surface area contributed by atoms with Crippen LogP contribution in [0.1, 0.15) is 48.4 Å². The highest BCUT2D eigenvalue weighted by atomic mass is 15.1. The maximum absolute atomic E-state index is 2.49. The molecule has 0 aliphatic heterocycles. The van der Waals surface area contributed by atoms with E-state index in [4.69, 9.17) is 0 Å². The zero-order valence-corrected chi connectivity index (χ0v) is 22.5. The molecule has 1 nitrogen and oxygen atoms in total. The first-order valence-electron chi connectivity index (χ1n) is 13.9. The maximum Gasteiger partial charge on any atom is 0.0546 e. The van der Waals surface area contributed by atoms with Crippen LogP contribution in [0.4, 0.5) is 17.1 Å². The predicted molar refractivity (Wildman–Crippen MR) is 164 cm³/mol. The van der Waals surface area contributed by atoms with Crippen molar-refractivity contribution in [2.45, 2.75) is 46.0 Å². The van der Waals surface area contributed by atoms with Crippen molar-refractivity contribution in [2.24, 2.45) is 0 Å². The summed E-state index contributed by atoms with van der Waals surface area (Å²) in [5.41, 5.74) is 9.37. The molecule has 1 heteroatoms. The van der Waals surface area contributed by atoms with E-state index in [-0.39, 0.29) is 0 Å². The Morgan fingerprint density at radius 1 is 0.553 bits per heavy atom. The lowest BCUT2D eigenvalue weighted by Crippen LogP contribution is -2.11. The van der Waals surface area contributed by atoms with E-state index >= 15 is 0 Å². The van der Waals surface area contributed by atoms with Gasteiger partial charge in [0, 0.05) is 16.8 Å². The van der Waals surface area contributed by atoms with Gasteiger partial charge in [-0.25, -0.2) is 0 Å². The lowest BCUT2D eigenvalue weighted by atomic mass is 9.92. The van der Waals surface area contributed by atoms with Crippen molar-refractivity contribution in [3.8, 4) is 0 Å². The Labute approximate surface area is 225 Å². The minimum absolute atomic E-state index is 0.508. The highest BCUT2D eigenvalue weighted by Crippen LogP contribution is 2.44. The number of rotatable bonds is 4. The molecule has 0 heterocycles. The first-order chi connectivity index (χ1) is 18.6. The second kappa shape index (κ2) is 9.03. The Balaban J connectivity index is 1.56. The van der Waals surface area contributed by atoms with Gasteiger partial charge in [0.15, 0.2) is 0 Å². The van der Waals surface area contributed by atoms with E-state index in [1.807, 2.05) is 0 Å². The number of anilines is 3. The molecule has 0 radical (unpaired) electrons. The van der Waals surface area contributed by atoms with Gasteiger partial charge in [-0.3, -0.25) is 0 Å². The van der Waals surface area contributed by atoms with E-state index in [1.165, 1.54) is 90.9 Å². The molecule has 0 amide bonds. The number of nitrogens with zero attached hydrogens (tertiary/aromatic N) is 1. The molecule has 0 N–H and O–H groups in total. The van der Waals surface area contributed by atoms with E-state index in [0.717, 1.165) is 0 Å². The Bertz CT molecular complexity index is 1820. The molecule has 0 fully saturated rings. The Hall–Kier alpha value is -4.10. The Kier molecular flexibility index (Phi) is 5.48. The largest absolute Gasteiger partial charge is 0.310 e. The lowest BCUT2D eigenvalue weighted by molar-refractivity contribution is 0.866. The number of fused-ring (bicyclic) bond motifs is 6. The van der Waals surface area contributed by atoms with Crippen molar-refractivity contribution < 1.29 is 0 Å². The molecule has 1 aliphatic rings. The fraction of sp³-hybridized carbons (Fsp3) is 0.189. The van der Waals surface area contributed by atoms with Crippen LogP contribution < -0.4 is 4.90 Å². The molecule has 0 aromatic heterocycles. The van der Waals surface area contributed by atoms with Crippen molar-refractivity contribution in [1.29, 1.82) is 0 Å². The summed E-state index contributed by atoms with van der Waals surface area (Å²) in [4.78, 5) is 2.49. The second-order valence-electron chi connectivity index (χ2n) is 11.2. The maximum atomic E-state index is 2.49. The third-order valence-corrected chi connectivity index (χ3v) is 8.47. The summed E-state index contributed by atoms with van der Waals surface area (Å²) in [5, 5.41) is 7.86. The topological polar surface area (TPSA) is 3.24 Å². The molecular formula is C37H33N. The van der Waals surface area contributed by atoms with Crippen LogP contribution >= 0.6 is 0 Å². The highest BCUT2D eigenvalue weighted by molar-refractivity contribution is 6.22. The fourth-order valence-electron chi connectivity index (χ4n) is 6.43. The second-order valence-corrected chi connectivity index (χ2v) is 11.2. The van der Waals surface area contributed by atoms with E-state index < -0.39 is 0 Å². The van der Waals surface area contributed by atoms with Crippen molar-refractivity contribution in [1.82, 2.24) is 0 Å². The van der Waals surface area contributed by atoms with Crippen LogP contribution in [0.25, 0.3) is 32.3 Å². The van der Waals surface area contributed by atoms with Crippen molar-refractivity contribution in [3.05, 3.63) is 125 Å². The molecule has 1 aliphatic carbocycles. The van der Waals surface area contributed by atoms with E-state index in [1.54, 1.807) is 0 Å². The van der Waals surface area contributed by atoms with Crippen molar-refractivity contribution >= 4 is 49.4 Å². The number of aryl methyl sites for hydroxylation is 3. The molecule has 0 saturated carbocycles. The van der Waals surface area contributed by atoms with E-state index in [9.17, 15) is 0 Å². The first kappa shape index (κ1) is 23.0. The smallest absolute Gasteiger partial charge is 0.0546 e. The molecule has 0 bridgehead atoms. The number of hydrogen-bond donors (Lipinski definition) is 0. The minimum atomic E-state index is 0.508. The third kappa shape index (κ3) is 3.69. The summed E-state index contributed by atoms with van der Waals surface area (Å²) in [6.45, 7) is 6.76. The van der Waals surface area contributed by atoms with Crippen molar-refractivity contribution in [3.63, 3.8) is 0 Å². The Morgan fingerprint density at radius 2 is 1.16 bits per heavy atom. The lowest BCUT2D eigenvalue weighted by Gasteiger charge is -2.28. The van der Waals surface area contributed by atoms with Crippen LogP contribution in [0.5, 0.6) is 0 Å². The van der Waals surface area contributed by atoms with E-state index in [0.29, 0.717) is 5.92 Å². The quantitative estimate of drug-likeness (QED) is 0.222. The van der Waals surface area contributed by atoms with Gasteiger partial charge in [-0.1, -0.05) is 86.6 Å². The molecule has 6 aromatic carbocycles. The van der Waals surface area contributed by atoms with Gasteiger partial charge in [0.2, 0.25) is 0 Å². The molecule has 186 valence electrons. The summed E-state index contributed by atoms with van der Waals surface area (Å²) >= 11 is 0. The molecule has 38 heavy (non-hydrogen) atoms. The van der Waals surface area contributed by atoms with Crippen LogP contribution in [0.2, 0.25) is 0 Å². The average Bonchev–Trinajstić information content (AvgIpc) is 3.42. The van der Waals surface area contributed by atoms with Gasteiger partial charge in [0.25, 0.3) is 0 Å². The molecule has 0 unspecified atom stereocenters. The Morgan fingerprint density at radius 3 is 1.89 bits per heavy atom. The van der Waals surface area contributed by atoms with Gasteiger partial charge < -0.3 is 4.90 Å². The molecule has 7 rings (SSSR count). The highest BCUT2D eigenvalue weighted by Gasteiger charge is 2.21. The summed E-state index contributed by atoms with van der Waals surface area (Å²) in [7, 11) is 0. The van der Waals surface area contributed by atoms with Crippen LogP contribution in [0.3, 0.4) is 0 Å². The predicted octanol–water partition coefficient (Wildman–Crippen LogP) is 10.5. The van der Waals surface area contributed by atoms with Crippen LogP contribution in [0.15, 0.2) is 103 Å². The van der Waals surface area contributed by atoms with Crippen LogP contribution in [-0.4, -0.2) is 0 Å². The summed E-state index contributed by atoms with van der Waals surface area (Å²) in [5.74, 6) is 0.508. The van der Waals surface area contributed by atoms with Gasteiger partial charge >= 0.3 is 0 Å². The fourth-order valence-corrected chi connectivity index (χ4v) is 6.43. The zero-order valence-electron chi connectivity index (χ0n) is 22.5. The summed E-state index contributed by atoms with van der Waals surface area (Å²) < 4.78 is 0. The SMILES string of the molecule is Cc1cc2c3ccccc3c(N(c3ccc(C(C)C)cc3)c3ccc4c(c3)CCC4)cc2c2ccccc12.